The van der Waals surface area contributed by atoms with Crippen molar-refractivity contribution >= 4 is 23.7 Å². The Bertz CT molecular complexity index is 431. The maximum absolute atomic E-state index is 5.37. The van der Waals surface area contributed by atoms with Crippen LogP contribution < -0.4 is 15.4 Å². The van der Waals surface area contributed by atoms with Gasteiger partial charge in [0.15, 0.2) is 0 Å². The summed E-state index contributed by atoms with van der Waals surface area (Å²) in [7, 11) is 1.79. The van der Waals surface area contributed by atoms with Crippen LogP contribution in [-0.4, -0.2) is 46.2 Å². The number of anilines is 2. The molecule has 0 amide bonds. The summed E-state index contributed by atoms with van der Waals surface area (Å²) in [5, 5.41) is 7.09. The summed E-state index contributed by atoms with van der Waals surface area (Å²) in [6, 6.07) is 0.800. The van der Waals surface area contributed by atoms with Gasteiger partial charge in [-0.15, -0.1) is 0 Å². The molecule has 2 N–H and O–H groups in total. The number of nitrogens with zero attached hydrogens (tertiary/aromatic N) is 3. The van der Waals surface area contributed by atoms with E-state index in [1.54, 1.807) is 7.05 Å². The van der Waals surface area contributed by atoms with Crippen LogP contribution in [0.5, 0.6) is 6.01 Å². The SMILES string of the molecule is CCOc1nc(NC)nc(NC2CCCC(SC)C2)n1. The molecule has 0 aromatic carbocycles. The molecule has 6 nitrogen and oxygen atoms in total. The molecule has 20 heavy (non-hydrogen) atoms. The second kappa shape index (κ2) is 7.52. The summed E-state index contributed by atoms with van der Waals surface area (Å²) in [5.74, 6) is 1.13. The van der Waals surface area contributed by atoms with E-state index in [0.717, 1.165) is 11.7 Å². The van der Waals surface area contributed by atoms with Gasteiger partial charge in [-0.3, -0.25) is 0 Å². The Balaban J connectivity index is 2.05. The van der Waals surface area contributed by atoms with Crippen molar-refractivity contribution in [2.45, 2.75) is 43.9 Å². The molecule has 2 unspecified atom stereocenters. The molecule has 1 aromatic rings. The molecule has 0 radical (unpaired) electrons. The van der Waals surface area contributed by atoms with Gasteiger partial charge in [-0.2, -0.15) is 26.7 Å². The van der Waals surface area contributed by atoms with E-state index in [-0.39, 0.29) is 0 Å². The molecular weight excluding hydrogens is 274 g/mol. The van der Waals surface area contributed by atoms with Gasteiger partial charge in [0, 0.05) is 18.3 Å². The van der Waals surface area contributed by atoms with Crippen LogP contribution in [0.3, 0.4) is 0 Å². The van der Waals surface area contributed by atoms with Crippen LogP contribution in [0.4, 0.5) is 11.9 Å². The number of hydrogen-bond donors (Lipinski definition) is 2. The molecule has 7 heteroatoms. The second-order valence-electron chi connectivity index (χ2n) is 4.81. The molecule has 2 rings (SSSR count). The third-order valence-electron chi connectivity index (χ3n) is 3.40. The van der Waals surface area contributed by atoms with Crippen molar-refractivity contribution in [1.82, 2.24) is 15.0 Å². The highest BCUT2D eigenvalue weighted by Gasteiger charge is 2.22. The minimum absolute atomic E-state index is 0.367. The molecule has 0 aliphatic heterocycles. The first-order valence-electron chi connectivity index (χ1n) is 7.11. The molecule has 1 heterocycles. The Kier molecular flexibility index (Phi) is 5.70. The van der Waals surface area contributed by atoms with Gasteiger partial charge in [0.05, 0.1) is 6.61 Å². The normalized spacial score (nSPS) is 22.4. The van der Waals surface area contributed by atoms with Crippen molar-refractivity contribution in [3.63, 3.8) is 0 Å². The molecular formula is C13H23N5OS. The Morgan fingerprint density at radius 3 is 2.75 bits per heavy atom. The Hall–Kier alpha value is -1.24. The minimum Gasteiger partial charge on any atom is -0.464 e. The number of hydrogen-bond acceptors (Lipinski definition) is 7. The number of rotatable bonds is 6. The van der Waals surface area contributed by atoms with Gasteiger partial charge in [0.1, 0.15) is 0 Å². The fraction of sp³-hybridized carbons (Fsp3) is 0.769. The zero-order chi connectivity index (χ0) is 14.4. The average molecular weight is 297 g/mol. The number of ether oxygens (including phenoxy) is 1. The van der Waals surface area contributed by atoms with Crippen molar-refractivity contribution in [1.29, 1.82) is 0 Å². The zero-order valence-corrected chi connectivity index (χ0v) is 13.2. The van der Waals surface area contributed by atoms with Gasteiger partial charge in [-0.25, -0.2) is 0 Å². The first kappa shape index (κ1) is 15.2. The molecule has 0 spiro atoms. The lowest BCUT2D eigenvalue weighted by Crippen LogP contribution is -2.29. The third-order valence-corrected chi connectivity index (χ3v) is 4.50. The van der Waals surface area contributed by atoms with Crippen LogP contribution in [0.2, 0.25) is 0 Å². The van der Waals surface area contributed by atoms with Crippen molar-refractivity contribution in [2.75, 3.05) is 30.5 Å². The van der Waals surface area contributed by atoms with Crippen molar-refractivity contribution in [3.8, 4) is 6.01 Å². The Labute approximate surface area is 124 Å². The minimum atomic E-state index is 0.367. The van der Waals surface area contributed by atoms with E-state index in [2.05, 4.69) is 31.8 Å². The van der Waals surface area contributed by atoms with Crippen molar-refractivity contribution in [2.24, 2.45) is 0 Å². The smallest absolute Gasteiger partial charge is 0.323 e. The molecule has 112 valence electrons. The summed E-state index contributed by atoms with van der Waals surface area (Å²) in [6.07, 6.45) is 7.07. The summed E-state index contributed by atoms with van der Waals surface area (Å²) in [6.45, 7) is 2.46. The molecule has 0 bridgehead atoms. The third kappa shape index (κ3) is 4.13. The maximum atomic E-state index is 5.37. The summed E-state index contributed by atoms with van der Waals surface area (Å²) < 4.78 is 5.37. The van der Waals surface area contributed by atoms with Gasteiger partial charge in [0.25, 0.3) is 0 Å². The molecule has 1 aliphatic rings. The van der Waals surface area contributed by atoms with Crippen LogP contribution >= 0.6 is 11.8 Å². The van der Waals surface area contributed by atoms with Crippen LogP contribution in [0.25, 0.3) is 0 Å². The topological polar surface area (TPSA) is 72.0 Å². The molecule has 1 saturated carbocycles. The summed E-state index contributed by atoms with van der Waals surface area (Å²) in [4.78, 5) is 12.8. The Morgan fingerprint density at radius 2 is 2.05 bits per heavy atom. The lowest BCUT2D eigenvalue weighted by atomic mass is 9.95. The largest absolute Gasteiger partial charge is 0.464 e. The second-order valence-corrected chi connectivity index (χ2v) is 5.95. The quantitative estimate of drug-likeness (QED) is 0.835. The van der Waals surface area contributed by atoms with E-state index in [4.69, 9.17) is 4.74 Å². The molecule has 0 saturated heterocycles. The van der Waals surface area contributed by atoms with Gasteiger partial charge in [-0.1, -0.05) is 6.42 Å². The standard InChI is InChI=1S/C13H23N5OS/c1-4-19-13-17-11(14-2)16-12(18-13)15-9-6-5-7-10(8-9)20-3/h9-10H,4-8H2,1-3H3,(H2,14,15,16,17,18). The fourth-order valence-electron chi connectivity index (χ4n) is 2.40. The van der Waals surface area contributed by atoms with Gasteiger partial charge >= 0.3 is 6.01 Å². The van der Waals surface area contributed by atoms with Gasteiger partial charge in [-0.05, 0) is 32.4 Å². The average Bonchev–Trinajstić information content (AvgIpc) is 2.47. The van der Waals surface area contributed by atoms with E-state index < -0.39 is 0 Å². The number of nitrogens with one attached hydrogen (secondary N) is 2. The lowest BCUT2D eigenvalue weighted by molar-refractivity contribution is 0.312. The summed E-state index contributed by atoms with van der Waals surface area (Å²) in [5.41, 5.74) is 0. The number of aromatic nitrogens is 3. The first-order chi connectivity index (χ1) is 9.75. The number of thioether (sulfide) groups is 1. The highest BCUT2D eigenvalue weighted by Crippen LogP contribution is 2.28. The fourth-order valence-corrected chi connectivity index (χ4v) is 3.23. The monoisotopic (exact) mass is 297 g/mol. The first-order valence-corrected chi connectivity index (χ1v) is 8.40. The lowest BCUT2D eigenvalue weighted by Gasteiger charge is -2.28. The maximum Gasteiger partial charge on any atom is 0.323 e. The molecule has 1 fully saturated rings. The molecule has 1 aromatic heterocycles. The van der Waals surface area contributed by atoms with Crippen LogP contribution in [-0.2, 0) is 0 Å². The predicted octanol–water partition coefficient (Wildman–Crippen LogP) is 2.40. The molecule has 1 aliphatic carbocycles. The van der Waals surface area contributed by atoms with Crippen molar-refractivity contribution in [3.05, 3.63) is 0 Å². The van der Waals surface area contributed by atoms with E-state index >= 15 is 0 Å². The highest BCUT2D eigenvalue weighted by atomic mass is 32.2. The Morgan fingerprint density at radius 1 is 1.25 bits per heavy atom. The van der Waals surface area contributed by atoms with E-state index in [0.29, 0.717) is 30.6 Å². The van der Waals surface area contributed by atoms with Gasteiger partial charge < -0.3 is 15.4 Å². The zero-order valence-electron chi connectivity index (χ0n) is 12.3. The van der Waals surface area contributed by atoms with E-state index in [1.807, 2.05) is 18.7 Å². The van der Waals surface area contributed by atoms with E-state index in [1.165, 1.54) is 19.3 Å². The van der Waals surface area contributed by atoms with E-state index in [9.17, 15) is 0 Å². The van der Waals surface area contributed by atoms with Crippen LogP contribution in [0.1, 0.15) is 32.6 Å². The predicted molar refractivity (Wildman–Crippen MR) is 83.7 cm³/mol. The van der Waals surface area contributed by atoms with Crippen LogP contribution in [0.15, 0.2) is 0 Å². The van der Waals surface area contributed by atoms with Crippen LogP contribution in [0, 0.1) is 0 Å². The van der Waals surface area contributed by atoms with Gasteiger partial charge in [0.2, 0.25) is 11.9 Å². The van der Waals surface area contributed by atoms with Crippen molar-refractivity contribution < 1.29 is 4.74 Å². The molecule has 2 atom stereocenters. The summed E-state index contributed by atoms with van der Waals surface area (Å²) >= 11 is 1.95. The highest BCUT2D eigenvalue weighted by molar-refractivity contribution is 7.99.